The van der Waals surface area contributed by atoms with Crippen LogP contribution in [0.1, 0.15) is 24.1 Å². The van der Waals surface area contributed by atoms with Gasteiger partial charge in [0.1, 0.15) is 12.4 Å². The first-order valence-electron chi connectivity index (χ1n) is 6.42. The van der Waals surface area contributed by atoms with Gasteiger partial charge in [-0.15, -0.1) is 0 Å². The van der Waals surface area contributed by atoms with Crippen molar-refractivity contribution >= 4 is 11.6 Å². The molecule has 0 saturated heterocycles. The molecule has 2 nitrogen and oxygen atoms in total. The van der Waals surface area contributed by atoms with Crippen molar-refractivity contribution in [3.05, 3.63) is 64.7 Å². The van der Waals surface area contributed by atoms with E-state index in [-0.39, 0.29) is 6.04 Å². The zero-order valence-corrected chi connectivity index (χ0v) is 11.7. The van der Waals surface area contributed by atoms with Crippen LogP contribution >= 0.6 is 11.6 Å². The number of aryl methyl sites for hydroxylation is 1. The second-order valence-corrected chi connectivity index (χ2v) is 4.84. The zero-order chi connectivity index (χ0) is 13.7. The van der Waals surface area contributed by atoms with Gasteiger partial charge >= 0.3 is 0 Å². The fourth-order valence-electron chi connectivity index (χ4n) is 1.89. The third-order valence-electron chi connectivity index (χ3n) is 3.06. The van der Waals surface area contributed by atoms with Gasteiger partial charge < -0.3 is 10.5 Å². The molecule has 19 heavy (non-hydrogen) atoms. The second-order valence-electron chi connectivity index (χ2n) is 4.43. The van der Waals surface area contributed by atoms with Gasteiger partial charge in [0.15, 0.2) is 0 Å². The molecule has 0 aliphatic rings. The van der Waals surface area contributed by atoms with Gasteiger partial charge in [0.2, 0.25) is 0 Å². The predicted octanol–water partition coefficient (Wildman–Crippen LogP) is 3.98. The van der Waals surface area contributed by atoms with Gasteiger partial charge in [0.05, 0.1) is 6.04 Å². The summed E-state index contributed by atoms with van der Waals surface area (Å²) in [6.45, 7) is 2.52. The molecule has 1 unspecified atom stereocenters. The normalized spacial score (nSPS) is 12.2. The second kappa shape index (κ2) is 6.60. The molecule has 0 aliphatic carbocycles. The summed E-state index contributed by atoms with van der Waals surface area (Å²) in [7, 11) is 0. The first kappa shape index (κ1) is 13.9. The summed E-state index contributed by atoms with van der Waals surface area (Å²) in [5.41, 5.74) is 8.26. The molecule has 100 valence electrons. The van der Waals surface area contributed by atoms with Crippen LogP contribution in [0, 0.1) is 0 Å². The topological polar surface area (TPSA) is 35.2 Å². The van der Waals surface area contributed by atoms with Gasteiger partial charge in [-0.05, 0) is 35.7 Å². The van der Waals surface area contributed by atoms with Crippen LogP contribution in [-0.4, -0.2) is 6.61 Å². The third kappa shape index (κ3) is 3.72. The molecule has 0 fully saturated rings. The van der Waals surface area contributed by atoms with E-state index in [1.807, 2.05) is 48.5 Å². The largest absolute Gasteiger partial charge is 0.492 e. The summed E-state index contributed by atoms with van der Waals surface area (Å²) in [5.74, 6) is 0.813. The van der Waals surface area contributed by atoms with Crippen LogP contribution in [0.25, 0.3) is 0 Å². The highest BCUT2D eigenvalue weighted by Gasteiger charge is 2.07. The molecule has 1 atom stereocenters. The number of hydrogen-bond donors (Lipinski definition) is 1. The van der Waals surface area contributed by atoms with Gasteiger partial charge in [-0.2, -0.15) is 0 Å². The first-order valence-corrected chi connectivity index (χ1v) is 6.80. The molecule has 0 aromatic heterocycles. The maximum absolute atomic E-state index is 6.09. The fraction of sp³-hybridized carbons (Fsp3) is 0.250. The van der Waals surface area contributed by atoms with Crippen molar-refractivity contribution in [1.29, 1.82) is 0 Å². The molecule has 2 N–H and O–H groups in total. The smallest absolute Gasteiger partial charge is 0.119 e. The van der Waals surface area contributed by atoms with Crippen LogP contribution in [0.5, 0.6) is 5.75 Å². The van der Waals surface area contributed by atoms with E-state index in [4.69, 9.17) is 22.1 Å². The molecule has 0 bridgehead atoms. The van der Waals surface area contributed by atoms with E-state index >= 15 is 0 Å². The Morgan fingerprint density at radius 1 is 1.16 bits per heavy atom. The van der Waals surface area contributed by atoms with Crippen molar-refractivity contribution in [3.63, 3.8) is 0 Å². The zero-order valence-electron chi connectivity index (χ0n) is 11.0. The van der Waals surface area contributed by atoms with Crippen molar-refractivity contribution in [2.24, 2.45) is 5.73 Å². The predicted molar refractivity (Wildman–Crippen MR) is 79.7 cm³/mol. The molecule has 3 heteroatoms. The molecule has 2 aromatic carbocycles. The lowest BCUT2D eigenvalue weighted by molar-refractivity contribution is 0.290. The minimum absolute atomic E-state index is 0.123. The van der Waals surface area contributed by atoms with Crippen LogP contribution < -0.4 is 10.5 Å². The highest BCUT2D eigenvalue weighted by molar-refractivity contribution is 6.31. The minimum atomic E-state index is -0.123. The monoisotopic (exact) mass is 275 g/mol. The van der Waals surface area contributed by atoms with Gasteiger partial charge in [0, 0.05) is 5.02 Å². The van der Waals surface area contributed by atoms with Crippen LogP contribution in [0.4, 0.5) is 0 Å². The molecule has 0 amide bonds. The first-order chi connectivity index (χ1) is 9.20. The lowest BCUT2D eigenvalue weighted by Crippen LogP contribution is -2.18. The highest BCUT2D eigenvalue weighted by atomic mass is 35.5. The van der Waals surface area contributed by atoms with Crippen molar-refractivity contribution in [2.45, 2.75) is 19.4 Å². The molecule has 0 saturated carbocycles. The summed E-state index contributed by atoms with van der Waals surface area (Å²) in [6, 6.07) is 15.5. The Bertz CT molecular complexity index is 528. The summed E-state index contributed by atoms with van der Waals surface area (Å²) in [4.78, 5) is 0. The van der Waals surface area contributed by atoms with Gasteiger partial charge in [0.25, 0.3) is 0 Å². The number of hydrogen-bond acceptors (Lipinski definition) is 2. The molecule has 0 aliphatic heterocycles. The Hall–Kier alpha value is -1.51. The van der Waals surface area contributed by atoms with Crippen LogP contribution in [0.15, 0.2) is 48.5 Å². The average molecular weight is 276 g/mol. The number of rotatable bonds is 5. The number of nitrogens with two attached hydrogens (primary N) is 1. The maximum Gasteiger partial charge on any atom is 0.119 e. The third-order valence-corrected chi connectivity index (χ3v) is 3.42. The Morgan fingerprint density at radius 3 is 2.58 bits per heavy atom. The van der Waals surface area contributed by atoms with E-state index < -0.39 is 0 Å². The Balaban J connectivity index is 1.99. The Morgan fingerprint density at radius 2 is 1.89 bits per heavy atom. The molecular weight excluding hydrogens is 258 g/mol. The number of benzene rings is 2. The van der Waals surface area contributed by atoms with Crippen LogP contribution in [0.3, 0.4) is 0 Å². The van der Waals surface area contributed by atoms with E-state index in [0.29, 0.717) is 6.61 Å². The van der Waals surface area contributed by atoms with Crippen molar-refractivity contribution in [3.8, 4) is 5.75 Å². The summed E-state index contributed by atoms with van der Waals surface area (Å²) < 4.78 is 5.74. The molecular formula is C16H18ClNO. The summed E-state index contributed by atoms with van der Waals surface area (Å²) in [6.07, 6.45) is 0.890. The van der Waals surface area contributed by atoms with Crippen molar-refractivity contribution in [2.75, 3.05) is 6.61 Å². The average Bonchev–Trinajstić information content (AvgIpc) is 2.47. The fourth-order valence-corrected chi connectivity index (χ4v) is 2.15. The van der Waals surface area contributed by atoms with Gasteiger partial charge in [-0.3, -0.25) is 0 Å². The van der Waals surface area contributed by atoms with Gasteiger partial charge in [-0.25, -0.2) is 0 Å². The lowest BCUT2D eigenvalue weighted by Gasteiger charge is -2.14. The van der Waals surface area contributed by atoms with E-state index in [2.05, 4.69) is 6.92 Å². The Kier molecular flexibility index (Phi) is 4.83. The van der Waals surface area contributed by atoms with Crippen molar-refractivity contribution in [1.82, 2.24) is 0 Å². The van der Waals surface area contributed by atoms with Gasteiger partial charge in [-0.1, -0.05) is 48.9 Å². The minimum Gasteiger partial charge on any atom is -0.492 e. The SMILES string of the molecule is CCc1cc(OCC(N)c2ccccc2)ccc1Cl. The molecule has 0 spiro atoms. The van der Waals surface area contributed by atoms with Crippen LogP contribution in [-0.2, 0) is 6.42 Å². The van der Waals surface area contributed by atoms with E-state index in [9.17, 15) is 0 Å². The Labute approximate surface area is 119 Å². The summed E-state index contributed by atoms with van der Waals surface area (Å²) in [5, 5.41) is 0.780. The highest BCUT2D eigenvalue weighted by Crippen LogP contribution is 2.23. The van der Waals surface area contributed by atoms with Crippen molar-refractivity contribution < 1.29 is 4.74 Å². The summed E-state index contributed by atoms with van der Waals surface area (Å²) >= 11 is 6.07. The number of ether oxygens (including phenoxy) is 1. The molecule has 2 aromatic rings. The van der Waals surface area contributed by atoms with E-state index in [1.54, 1.807) is 0 Å². The quantitative estimate of drug-likeness (QED) is 0.896. The standard InChI is InChI=1S/C16H18ClNO/c1-2-12-10-14(8-9-15(12)17)19-11-16(18)13-6-4-3-5-7-13/h3-10,16H,2,11,18H2,1H3. The molecule has 2 rings (SSSR count). The molecule has 0 radical (unpaired) electrons. The lowest BCUT2D eigenvalue weighted by atomic mass is 10.1. The van der Waals surface area contributed by atoms with E-state index in [0.717, 1.165) is 28.3 Å². The molecule has 0 heterocycles. The van der Waals surface area contributed by atoms with E-state index in [1.165, 1.54) is 0 Å². The van der Waals surface area contributed by atoms with Crippen LogP contribution in [0.2, 0.25) is 5.02 Å². The maximum atomic E-state index is 6.09. The number of halogens is 1.